The van der Waals surface area contributed by atoms with Crippen LogP contribution in [-0.4, -0.2) is 35.9 Å². The second kappa shape index (κ2) is 7.69. The first-order valence-corrected chi connectivity index (χ1v) is 8.44. The summed E-state index contributed by atoms with van der Waals surface area (Å²) in [5.74, 6) is -2.81. The number of rotatable bonds is 6. The number of hydrogen-bond acceptors (Lipinski definition) is 8. The number of carbonyl (C=O) groups is 3. The maximum Gasteiger partial charge on any atom is 0.350 e. The van der Waals surface area contributed by atoms with Gasteiger partial charge in [0.1, 0.15) is 5.75 Å². The number of anilines is 1. The Morgan fingerprint density at radius 2 is 1.70 bits per heavy atom. The molecule has 8 heteroatoms. The van der Waals surface area contributed by atoms with Crippen LogP contribution in [-0.2, 0) is 28.6 Å². The van der Waals surface area contributed by atoms with Crippen LogP contribution < -0.4 is 10.1 Å². The minimum absolute atomic E-state index is 0.238. The van der Waals surface area contributed by atoms with Gasteiger partial charge in [0.2, 0.25) is 0 Å². The molecule has 0 spiro atoms. The van der Waals surface area contributed by atoms with Crippen molar-refractivity contribution in [2.45, 2.75) is 46.0 Å². The zero-order valence-electron chi connectivity index (χ0n) is 16.0. The van der Waals surface area contributed by atoms with Gasteiger partial charge in [0.15, 0.2) is 11.2 Å². The Morgan fingerprint density at radius 3 is 2.22 bits per heavy atom. The molecule has 0 unspecified atom stereocenters. The predicted molar refractivity (Wildman–Crippen MR) is 95.8 cm³/mol. The molecule has 0 bridgehead atoms. The van der Waals surface area contributed by atoms with Gasteiger partial charge in [-0.3, -0.25) is 0 Å². The maximum atomic E-state index is 11.9. The number of ether oxygens (including phenoxy) is 4. The van der Waals surface area contributed by atoms with Gasteiger partial charge in [-0.1, -0.05) is 0 Å². The van der Waals surface area contributed by atoms with E-state index in [9.17, 15) is 14.4 Å². The Kier molecular flexibility index (Phi) is 5.78. The van der Waals surface area contributed by atoms with Crippen LogP contribution >= 0.6 is 0 Å². The van der Waals surface area contributed by atoms with Crippen LogP contribution in [0.15, 0.2) is 36.0 Å². The van der Waals surface area contributed by atoms with Gasteiger partial charge in [0, 0.05) is 25.7 Å². The minimum Gasteiger partial charge on any atom is -0.476 e. The molecule has 27 heavy (non-hydrogen) atoms. The summed E-state index contributed by atoms with van der Waals surface area (Å²) < 4.78 is 20.6. The smallest absolute Gasteiger partial charge is 0.350 e. The van der Waals surface area contributed by atoms with Gasteiger partial charge >= 0.3 is 17.9 Å². The Labute approximate surface area is 157 Å². The summed E-state index contributed by atoms with van der Waals surface area (Å²) in [4.78, 5) is 35.6. The molecule has 1 saturated heterocycles. The molecule has 1 aliphatic rings. The van der Waals surface area contributed by atoms with Crippen LogP contribution in [0.4, 0.5) is 5.69 Å². The number of hydrogen-bond donors (Lipinski definition) is 1. The Hall–Kier alpha value is -3.03. The first-order chi connectivity index (χ1) is 12.5. The summed E-state index contributed by atoms with van der Waals surface area (Å²) >= 11 is 0. The van der Waals surface area contributed by atoms with E-state index in [1.165, 1.54) is 20.0 Å². The lowest BCUT2D eigenvalue weighted by Crippen LogP contribution is -2.42. The van der Waals surface area contributed by atoms with Crippen molar-refractivity contribution in [1.29, 1.82) is 0 Å². The first-order valence-electron chi connectivity index (χ1n) is 8.44. The molecule has 1 N–H and O–H groups in total. The van der Waals surface area contributed by atoms with Crippen LogP contribution in [0.2, 0.25) is 0 Å². The van der Waals surface area contributed by atoms with E-state index >= 15 is 0 Å². The van der Waals surface area contributed by atoms with Crippen LogP contribution in [0.5, 0.6) is 5.75 Å². The van der Waals surface area contributed by atoms with Crippen molar-refractivity contribution in [2.75, 3.05) is 11.9 Å². The van der Waals surface area contributed by atoms with E-state index in [-0.39, 0.29) is 12.2 Å². The zero-order chi connectivity index (χ0) is 20.2. The van der Waals surface area contributed by atoms with E-state index in [2.05, 4.69) is 5.32 Å². The second-order valence-electron chi connectivity index (χ2n) is 6.74. The quantitative estimate of drug-likeness (QED) is 0.459. The Bertz CT molecular complexity index is 741. The van der Waals surface area contributed by atoms with Crippen molar-refractivity contribution < 1.29 is 33.3 Å². The lowest BCUT2D eigenvalue weighted by Gasteiger charge is -2.29. The van der Waals surface area contributed by atoms with Crippen molar-refractivity contribution in [3.63, 3.8) is 0 Å². The third-order valence-electron chi connectivity index (χ3n) is 3.49. The summed E-state index contributed by atoms with van der Waals surface area (Å²) in [5, 5.41) is 2.82. The molecule has 2 rings (SSSR count). The van der Waals surface area contributed by atoms with Crippen molar-refractivity contribution >= 4 is 23.6 Å². The minimum atomic E-state index is -1.28. The SMILES string of the molecule is CCOC(=O)C(C)(C)Oc1ccc(NC=C2C(=O)OC(C)(C)OC2=O)cc1. The number of esters is 3. The molecule has 1 aliphatic heterocycles. The fourth-order valence-corrected chi connectivity index (χ4v) is 2.19. The van der Waals surface area contributed by atoms with Crippen molar-refractivity contribution in [1.82, 2.24) is 0 Å². The highest BCUT2D eigenvalue weighted by molar-refractivity contribution is 6.15. The fraction of sp³-hybridized carbons (Fsp3) is 0.421. The lowest BCUT2D eigenvalue weighted by atomic mass is 10.1. The normalized spacial score (nSPS) is 16.1. The largest absolute Gasteiger partial charge is 0.476 e. The van der Waals surface area contributed by atoms with Crippen LogP contribution in [0, 0.1) is 0 Å². The van der Waals surface area contributed by atoms with Crippen LogP contribution in [0.3, 0.4) is 0 Å². The molecule has 1 heterocycles. The van der Waals surface area contributed by atoms with Gasteiger partial charge in [-0.25, -0.2) is 14.4 Å². The molecule has 1 aromatic carbocycles. The fourth-order valence-electron chi connectivity index (χ4n) is 2.19. The van der Waals surface area contributed by atoms with E-state index in [0.29, 0.717) is 11.4 Å². The summed E-state index contributed by atoms with van der Waals surface area (Å²) in [6.45, 7) is 8.17. The molecule has 8 nitrogen and oxygen atoms in total. The number of carbonyl (C=O) groups excluding carboxylic acids is 3. The van der Waals surface area contributed by atoms with Crippen LogP contribution in [0.1, 0.15) is 34.6 Å². The Balaban J connectivity index is 2.03. The van der Waals surface area contributed by atoms with E-state index < -0.39 is 29.3 Å². The topological polar surface area (TPSA) is 100 Å². The molecule has 146 valence electrons. The van der Waals surface area contributed by atoms with E-state index in [4.69, 9.17) is 18.9 Å². The number of nitrogens with one attached hydrogen (secondary N) is 1. The standard InChI is InChI=1S/C19H23NO7/c1-6-24-17(23)18(2,3)25-13-9-7-12(8-10-13)20-11-14-15(21)26-19(4,5)27-16(14)22/h7-11,20H,6H2,1-5H3. The molecule has 0 saturated carbocycles. The second-order valence-corrected chi connectivity index (χ2v) is 6.74. The molecular weight excluding hydrogens is 354 g/mol. The highest BCUT2D eigenvalue weighted by Gasteiger charge is 2.39. The van der Waals surface area contributed by atoms with Gasteiger partial charge in [0.05, 0.1) is 6.61 Å². The highest BCUT2D eigenvalue weighted by atomic mass is 16.7. The summed E-state index contributed by atoms with van der Waals surface area (Å²) in [6.07, 6.45) is 1.22. The monoisotopic (exact) mass is 377 g/mol. The van der Waals surface area contributed by atoms with Gasteiger partial charge in [-0.2, -0.15) is 0 Å². The molecule has 0 aliphatic carbocycles. The van der Waals surface area contributed by atoms with E-state index in [1.54, 1.807) is 45.0 Å². The third kappa shape index (κ3) is 5.22. The average Bonchev–Trinajstić information content (AvgIpc) is 2.54. The zero-order valence-corrected chi connectivity index (χ0v) is 16.0. The molecule has 0 aromatic heterocycles. The molecule has 1 aromatic rings. The summed E-state index contributed by atoms with van der Waals surface area (Å²) in [6, 6.07) is 6.61. The Morgan fingerprint density at radius 1 is 1.15 bits per heavy atom. The number of benzene rings is 1. The van der Waals surface area contributed by atoms with Crippen molar-refractivity contribution in [3.05, 3.63) is 36.0 Å². The van der Waals surface area contributed by atoms with Gasteiger partial charge in [-0.15, -0.1) is 0 Å². The lowest BCUT2D eigenvalue weighted by molar-refractivity contribution is -0.222. The summed E-state index contributed by atoms with van der Waals surface area (Å²) in [5.41, 5.74) is -0.776. The molecule has 0 amide bonds. The third-order valence-corrected chi connectivity index (χ3v) is 3.49. The van der Waals surface area contributed by atoms with E-state index in [1.807, 2.05) is 0 Å². The van der Waals surface area contributed by atoms with Gasteiger partial charge < -0.3 is 24.3 Å². The van der Waals surface area contributed by atoms with Crippen molar-refractivity contribution in [2.24, 2.45) is 0 Å². The molecule has 1 fully saturated rings. The van der Waals surface area contributed by atoms with Gasteiger partial charge in [-0.05, 0) is 45.0 Å². The summed E-state index contributed by atoms with van der Waals surface area (Å²) in [7, 11) is 0. The van der Waals surface area contributed by atoms with Gasteiger partial charge in [0.25, 0.3) is 5.79 Å². The molecular formula is C19H23NO7. The predicted octanol–water partition coefficient (Wildman–Crippen LogP) is 2.54. The van der Waals surface area contributed by atoms with Crippen LogP contribution in [0.25, 0.3) is 0 Å². The van der Waals surface area contributed by atoms with Crippen molar-refractivity contribution in [3.8, 4) is 5.75 Å². The first kappa shape index (κ1) is 20.3. The average molecular weight is 377 g/mol. The molecule has 0 radical (unpaired) electrons. The highest BCUT2D eigenvalue weighted by Crippen LogP contribution is 2.24. The van der Waals surface area contributed by atoms with E-state index in [0.717, 1.165) is 0 Å². The number of cyclic esters (lactones) is 2. The maximum absolute atomic E-state index is 11.9. The molecule has 0 atom stereocenters.